The van der Waals surface area contributed by atoms with Crippen molar-refractivity contribution in [2.45, 2.75) is 38.6 Å². The van der Waals surface area contributed by atoms with Gasteiger partial charge in [0, 0.05) is 19.8 Å². The number of ether oxygens (including phenoxy) is 2. The van der Waals surface area contributed by atoms with Crippen LogP contribution in [-0.2, 0) is 9.47 Å². The fraction of sp³-hybridized carbons (Fsp3) is 1.00. The van der Waals surface area contributed by atoms with E-state index in [0.29, 0.717) is 6.61 Å². The maximum atomic E-state index is 5.39. The average molecular weight is 215 g/mol. The maximum Gasteiger partial charge on any atom is 0.0700 e. The smallest absolute Gasteiger partial charge is 0.0700 e. The Morgan fingerprint density at radius 2 is 1.93 bits per heavy atom. The largest absolute Gasteiger partial charge is 0.382 e. The number of hydrogen-bond acceptors (Lipinski definition) is 3. The lowest BCUT2D eigenvalue weighted by molar-refractivity contribution is 0.0686. The third-order valence-corrected chi connectivity index (χ3v) is 2.95. The van der Waals surface area contributed by atoms with Crippen LogP contribution >= 0.6 is 0 Å². The van der Waals surface area contributed by atoms with E-state index in [-0.39, 0.29) is 0 Å². The van der Waals surface area contributed by atoms with E-state index < -0.39 is 0 Å². The Morgan fingerprint density at radius 1 is 1.13 bits per heavy atom. The fourth-order valence-electron chi connectivity index (χ4n) is 1.95. The molecule has 0 aromatic rings. The minimum atomic E-state index is 0.707. The third-order valence-electron chi connectivity index (χ3n) is 2.95. The molecular weight excluding hydrogens is 190 g/mol. The molecule has 3 heteroatoms. The highest BCUT2D eigenvalue weighted by Gasteiger charge is 2.23. The Bertz CT molecular complexity index is 147. The first kappa shape index (κ1) is 12.9. The number of methoxy groups -OCH3 is 1. The van der Waals surface area contributed by atoms with Crippen LogP contribution in [0.2, 0.25) is 0 Å². The number of unbranched alkanes of at least 4 members (excludes halogenated alkanes) is 1. The Labute approximate surface area is 93.5 Å². The fourth-order valence-corrected chi connectivity index (χ4v) is 1.95. The molecule has 0 unspecified atom stereocenters. The van der Waals surface area contributed by atoms with Gasteiger partial charge in [-0.3, -0.25) is 0 Å². The van der Waals surface area contributed by atoms with Gasteiger partial charge in [-0.1, -0.05) is 6.92 Å². The highest BCUT2D eigenvalue weighted by atomic mass is 16.5. The second-order valence-electron chi connectivity index (χ2n) is 4.54. The van der Waals surface area contributed by atoms with Crippen molar-refractivity contribution < 1.29 is 9.47 Å². The lowest BCUT2D eigenvalue weighted by Gasteiger charge is -2.33. The summed E-state index contributed by atoms with van der Waals surface area (Å²) in [7, 11) is 1.70. The first-order chi connectivity index (χ1) is 7.33. The van der Waals surface area contributed by atoms with E-state index >= 15 is 0 Å². The molecule has 0 atom stereocenters. The predicted molar refractivity (Wildman–Crippen MR) is 62.1 cm³/mol. The summed E-state index contributed by atoms with van der Waals surface area (Å²) in [5.41, 5.74) is 0. The summed E-state index contributed by atoms with van der Waals surface area (Å²) in [6, 6.07) is 0.800. The molecule has 0 bridgehead atoms. The van der Waals surface area contributed by atoms with Gasteiger partial charge in [-0.15, -0.1) is 0 Å². The van der Waals surface area contributed by atoms with E-state index in [9.17, 15) is 0 Å². The minimum Gasteiger partial charge on any atom is -0.382 e. The SMILES string of the molecule is COCCOCCCCNC1CC(C)C1. The molecule has 0 aromatic carbocycles. The average Bonchev–Trinajstić information content (AvgIpc) is 2.19. The van der Waals surface area contributed by atoms with Gasteiger partial charge in [-0.2, -0.15) is 0 Å². The van der Waals surface area contributed by atoms with Crippen LogP contribution in [0.4, 0.5) is 0 Å². The van der Waals surface area contributed by atoms with Gasteiger partial charge in [0.25, 0.3) is 0 Å². The Balaban J connectivity index is 1.70. The molecule has 15 heavy (non-hydrogen) atoms. The summed E-state index contributed by atoms with van der Waals surface area (Å²) in [5.74, 6) is 0.944. The summed E-state index contributed by atoms with van der Waals surface area (Å²) in [4.78, 5) is 0. The predicted octanol–water partition coefficient (Wildman–Crippen LogP) is 1.82. The van der Waals surface area contributed by atoms with E-state index in [4.69, 9.17) is 9.47 Å². The highest BCUT2D eigenvalue weighted by Crippen LogP contribution is 2.25. The lowest BCUT2D eigenvalue weighted by atomic mass is 9.82. The second kappa shape index (κ2) is 8.08. The number of nitrogens with one attached hydrogen (secondary N) is 1. The van der Waals surface area contributed by atoms with E-state index in [1.807, 2.05) is 0 Å². The van der Waals surface area contributed by atoms with Crippen molar-refractivity contribution in [2.24, 2.45) is 5.92 Å². The first-order valence-corrected chi connectivity index (χ1v) is 6.13. The molecule has 0 spiro atoms. The summed E-state index contributed by atoms with van der Waals surface area (Å²) in [6.45, 7) is 5.77. The lowest BCUT2D eigenvalue weighted by Crippen LogP contribution is -2.40. The molecule has 1 rings (SSSR count). The van der Waals surface area contributed by atoms with E-state index in [1.54, 1.807) is 7.11 Å². The van der Waals surface area contributed by atoms with Gasteiger partial charge in [-0.05, 0) is 38.1 Å². The maximum absolute atomic E-state index is 5.39. The molecule has 1 fully saturated rings. The molecule has 1 N–H and O–H groups in total. The molecule has 0 aromatic heterocycles. The van der Waals surface area contributed by atoms with Gasteiger partial charge in [0.2, 0.25) is 0 Å². The van der Waals surface area contributed by atoms with Crippen LogP contribution in [-0.4, -0.2) is 39.5 Å². The van der Waals surface area contributed by atoms with Gasteiger partial charge in [0.1, 0.15) is 0 Å². The van der Waals surface area contributed by atoms with Crippen molar-refractivity contribution >= 4 is 0 Å². The van der Waals surface area contributed by atoms with Crippen LogP contribution < -0.4 is 5.32 Å². The zero-order valence-corrected chi connectivity index (χ0v) is 10.1. The molecule has 0 heterocycles. The third kappa shape index (κ3) is 6.13. The monoisotopic (exact) mass is 215 g/mol. The molecule has 0 amide bonds. The minimum absolute atomic E-state index is 0.707. The van der Waals surface area contributed by atoms with Crippen molar-refractivity contribution in [3.63, 3.8) is 0 Å². The van der Waals surface area contributed by atoms with Gasteiger partial charge >= 0.3 is 0 Å². The first-order valence-electron chi connectivity index (χ1n) is 6.13. The molecule has 0 aliphatic heterocycles. The van der Waals surface area contributed by atoms with E-state index in [1.165, 1.54) is 19.3 Å². The molecule has 0 radical (unpaired) electrons. The molecule has 1 saturated carbocycles. The number of rotatable bonds is 9. The van der Waals surface area contributed by atoms with Crippen LogP contribution in [0.3, 0.4) is 0 Å². The molecule has 1 aliphatic rings. The highest BCUT2D eigenvalue weighted by molar-refractivity contribution is 4.81. The summed E-state index contributed by atoms with van der Waals surface area (Å²) in [5, 5.41) is 3.57. The van der Waals surface area contributed by atoms with Crippen LogP contribution in [0.5, 0.6) is 0 Å². The molecular formula is C12H25NO2. The van der Waals surface area contributed by atoms with Crippen molar-refractivity contribution in [1.82, 2.24) is 5.32 Å². The second-order valence-corrected chi connectivity index (χ2v) is 4.54. The van der Waals surface area contributed by atoms with Gasteiger partial charge in [0.05, 0.1) is 13.2 Å². The molecule has 90 valence electrons. The van der Waals surface area contributed by atoms with Crippen LogP contribution in [0.15, 0.2) is 0 Å². The van der Waals surface area contributed by atoms with Crippen LogP contribution in [0, 0.1) is 5.92 Å². The molecule has 1 aliphatic carbocycles. The van der Waals surface area contributed by atoms with Gasteiger partial charge in [0.15, 0.2) is 0 Å². The Kier molecular flexibility index (Phi) is 6.98. The summed E-state index contributed by atoms with van der Waals surface area (Å²) in [6.07, 6.45) is 5.10. The van der Waals surface area contributed by atoms with Gasteiger partial charge < -0.3 is 14.8 Å². The summed E-state index contributed by atoms with van der Waals surface area (Å²) >= 11 is 0. The molecule has 3 nitrogen and oxygen atoms in total. The zero-order chi connectivity index (χ0) is 10.9. The quantitative estimate of drug-likeness (QED) is 0.595. The topological polar surface area (TPSA) is 30.5 Å². The van der Waals surface area contributed by atoms with Crippen LogP contribution in [0.1, 0.15) is 32.6 Å². The molecule has 0 saturated heterocycles. The van der Waals surface area contributed by atoms with Crippen molar-refractivity contribution in [2.75, 3.05) is 33.5 Å². The zero-order valence-electron chi connectivity index (χ0n) is 10.1. The normalized spacial score (nSPS) is 25.2. The van der Waals surface area contributed by atoms with Gasteiger partial charge in [-0.25, -0.2) is 0 Å². The Morgan fingerprint density at radius 3 is 2.60 bits per heavy atom. The van der Waals surface area contributed by atoms with E-state index in [0.717, 1.165) is 38.1 Å². The summed E-state index contributed by atoms with van der Waals surface area (Å²) < 4.78 is 10.3. The van der Waals surface area contributed by atoms with E-state index in [2.05, 4.69) is 12.2 Å². The standard InChI is InChI=1S/C12H25NO2/c1-11-9-12(10-11)13-5-3-4-6-15-8-7-14-2/h11-13H,3-10H2,1-2H3. The van der Waals surface area contributed by atoms with Crippen molar-refractivity contribution in [3.8, 4) is 0 Å². The van der Waals surface area contributed by atoms with Crippen molar-refractivity contribution in [3.05, 3.63) is 0 Å². The Hall–Kier alpha value is -0.120. The number of hydrogen-bond donors (Lipinski definition) is 1. The van der Waals surface area contributed by atoms with Crippen molar-refractivity contribution in [1.29, 1.82) is 0 Å². The van der Waals surface area contributed by atoms with Crippen LogP contribution in [0.25, 0.3) is 0 Å².